The van der Waals surface area contributed by atoms with Crippen LogP contribution in [0.2, 0.25) is 0 Å². The van der Waals surface area contributed by atoms with Crippen LogP contribution in [0.25, 0.3) is 0 Å². The summed E-state index contributed by atoms with van der Waals surface area (Å²) in [7, 11) is 2.09. The number of anilines is 1. The van der Waals surface area contributed by atoms with Gasteiger partial charge in [0.2, 0.25) is 0 Å². The molecule has 0 aromatic carbocycles. The number of aromatic nitrogens is 2. The van der Waals surface area contributed by atoms with Gasteiger partial charge in [0.05, 0.1) is 12.2 Å². The molecule has 0 bridgehead atoms. The molecule has 1 aliphatic carbocycles. The van der Waals surface area contributed by atoms with E-state index in [1.807, 2.05) is 17.1 Å². The highest BCUT2D eigenvalue weighted by molar-refractivity contribution is 6.30. The number of piperazine rings is 1. The van der Waals surface area contributed by atoms with Crippen LogP contribution in [0.4, 0.5) is 10.6 Å². The van der Waals surface area contributed by atoms with Crippen molar-refractivity contribution in [2.24, 2.45) is 11.8 Å². The summed E-state index contributed by atoms with van der Waals surface area (Å²) in [5.41, 5.74) is 1.22. The molecule has 4 atom stereocenters. The summed E-state index contributed by atoms with van der Waals surface area (Å²) < 4.78 is 0. The van der Waals surface area contributed by atoms with Gasteiger partial charge in [-0.3, -0.25) is 15.2 Å². The van der Waals surface area contributed by atoms with E-state index in [1.165, 1.54) is 5.70 Å². The van der Waals surface area contributed by atoms with Gasteiger partial charge in [0.15, 0.2) is 5.82 Å². The SMILES string of the molecule is CCN1CCN(C(=O)Nc2cnccn2)C2C1CC=C([C@H]1C=CC=C(Cl)[C@H]1C)N2C. The zero-order chi connectivity index (χ0) is 21.3. The smallest absolute Gasteiger partial charge is 0.324 e. The highest BCUT2D eigenvalue weighted by atomic mass is 35.5. The molecule has 160 valence electrons. The third-order valence-corrected chi connectivity index (χ3v) is 6.96. The van der Waals surface area contributed by atoms with Gasteiger partial charge in [-0.2, -0.15) is 0 Å². The molecule has 8 heteroatoms. The molecule has 1 aromatic rings. The largest absolute Gasteiger partial charge is 0.356 e. The van der Waals surface area contributed by atoms with Crippen molar-refractivity contribution in [2.75, 3.05) is 32.0 Å². The number of rotatable bonds is 3. The summed E-state index contributed by atoms with van der Waals surface area (Å²) in [6.45, 7) is 6.83. The van der Waals surface area contributed by atoms with Crippen LogP contribution in [0.1, 0.15) is 20.3 Å². The molecule has 3 aliphatic rings. The van der Waals surface area contributed by atoms with Gasteiger partial charge in [-0.1, -0.05) is 43.7 Å². The Hall–Kier alpha value is -2.38. The summed E-state index contributed by atoms with van der Waals surface area (Å²) in [5, 5.41) is 3.78. The Balaban J connectivity index is 1.60. The Morgan fingerprint density at radius 1 is 1.33 bits per heavy atom. The van der Waals surface area contributed by atoms with Gasteiger partial charge >= 0.3 is 6.03 Å². The molecular weight excluding hydrogens is 400 g/mol. The first kappa shape index (κ1) is 20.9. The molecule has 0 spiro atoms. The third kappa shape index (κ3) is 3.84. The second-order valence-corrected chi connectivity index (χ2v) is 8.49. The van der Waals surface area contributed by atoms with E-state index < -0.39 is 0 Å². The molecule has 1 N–H and O–H groups in total. The number of hydrogen-bond acceptors (Lipinski definition) is 5. The number of allylic oxidation sites excluding steroid dienone is 4. The van der Waals surface area contributed by atoms with E-state index in [4.69, 9.17) is 11.6 Å². The average Bonchev–Trinajstić information content (AvgIpc) is 2.76. The number of urea groups is 1. The Bertz CT molecular complexity index is 870. The second-order valence-electron chi connectivity index (χ2n) is 8.05. The number of hydrogen-bond donors (Lipinski definition) is 1. The average molecular weight is 429 g/mol. The maximum atomic E-state index is 13.2. The lowest BCUT2D eigenvalue weighted by molar-refractivity contribution is -0.0253. The molecule has 4 rings (SSSR count). The van der Waals surface area contributed by atoms with Crippen molar-refractivity contribution in [2.45, 2.75) is 32.5 Å². The van der Waals surface area contributed by atoms with Crippen LogP contribution < -0.4 is 5.32 Å². The molecule has 1 aromatic heterocycles. The number of fused-ring (bicyclic) bond motifs is 1. The van der Waals surface area contributed by atoms with Gasteiger partial charge in [-0.25, -0.2) is 9.78 Å². The van der Waals surface area contributed by atoms with Crippen molar-refractivity contribution < 1.29 is 4.79 Å². The molecular formula is C22H29ClN6O. The summed E-state index contributed by atoms with van der Waals surface area (Å²) >= 11 is 6.45. The van der Waals surface area contributed by atoms with E-state index in [-0.39, 0.29) is 30.1 Å². The lowest BCUT2D eigenvalue weighted by atomic mass is 9.83. The molecule has 0 saturated carbocycles. The normalized spacial score (nSPS) is 29.2. The lowest BCUT2D eigenvalue weighted by Gasteiger charge is -2.54. The Morgan fingerprint density at radius 3 is 2.90 bits per heavy atom. The first-order valence-electron chi connectivity index (χ1n) is 10.6. The number of carbonyl (C=O) groups excluding carboxylic acids is 1. The molecule has 7 nitrogen and oxygen atoms in total. The summed E-state index contributed by atoms with van der Waals surface area (Å²) in [4.78, 5) is 28.1. The molecule has 1 saturated heterocycles. The fraction of sp³-hybridized carbons (Fsp3) is 0.500. The van der Waals surface area contributed by atoms with Crippen LogP contribution >= 0.6 is 11.6 Å². The highest BCUT2D eigenvalue weighted by Crippen LogP contribution is 2.39. The van der Waals surface area contributed by atoms with Crippen LogP contribution in [-0.2, 0) is 0 Å². The van der Waals surface area contributed by atoms with Crippen LogP contribution in [0.5, 0.6) is 0 Å². The number of amides is 2. The zero-order valence-corrected chi connectivity index (χ0v) is 18.5. The van der Waals surface area contributed by atoms with Gasteiger partial charge < -0.3 is 9.80 Å². The van der Waals surface area contributed by atoms with Gasteiger partial charge in [0, 0.05) is 55.1 Å². The van der Waals surface area contributed by atoms with E-state index in [0.29, 0.717) is 12.4 Å². The number of carbonyl (C=O) groups is 1. The maximum Gasteiger partial charge on any atom is 0.324 e. The summed E-state index contributed by atoms with van der Waals surface area (Å²) in [6, 6.07) is 0.110. The predicted octanol–water partition coefficient (Wildman–Crippen LogP) is 3.50. The topological polar surface area (TPSA) is 64.6 Å². The van der Waals surface area contributed by atoms with E-state index >= 15 is 0 Å². The Labute approximate surface area is 183 Å². The van der Waals surface area contributed by atoms with E-state index in [1.54, 1.807) is 18.6 Å². The number of nitrogens with one attached hydrogen (secondary N) is 1. The van der Waals surface area contributed by atoms with Crippen molar-refractivity contribution in [3.63, 3.8) is 0 Å². The maximum absolute atomic E-state index is 13.2. The predicted molar refractivity (Wildman–Crippen MR) is 119 cm³/mol. The van der Waals surface area contributed by atoms with Crippen molar-refractivity contribution in [1.82, 2.24) is 24.7 Å². The first-order chi connectivity index (χ1) is 14.5. The van der Waals surface area contributed by atoms with Crippen molar-refractivity contribution >= 4 is 23.4 Å². The number of likely N-dealkylation sites (N-methyl/N-ethyl adjacent to an activating group) is 2. The monoisotopic (exact) mass is 428 g/mol. The third-order valence-electron chi connectivity index (χ3n) is 6.49. The van der Waals surface area contributed by atoms with Gasteiger partial charge in [-0.05, 0) is 19.0 Å². The molecule has 2 amide bonds. The fourth-order valence-corrected chi connectivity index (χ4v) is 5.06. The summed E-state index contributed by atoms with van der Waals surface area (Å²) in [5.74, 6) is 0.886. The molecule has 1 fully saturated rings. The minimum atomic E-state index is -0.139. The summed E-state index contributed by atoms with van der Waals surface area (Å²) in [6.07, 6.45) is 14.1. The van der Waals surface area contributed by atoms with E-state index in [2.05, 4.69) is 58.1 Å². The van der Waals surface area contributed by atoms with Crippen molar-refractivity contribution in [1.29, 1.82) is 0 Å². The molecule has 2 aliphatic heterocycles. The van der Waals surface area contributed by atoms with Gasteiger partial charge in [-0.15, -0.1) is 0 Å². The number of halogens is 1. The van der Waals surface area contributed by atoms with Crippen LogP contribution in [0.15, 0.2) is 53.6 Å². The van der Waals surface area contributed by atoms with Crippen LogP contribution in [0.3, 0.4) is 0 Å². The van der Waals surface area contributed by atoms with Crippen molar-refractivity contribution in [3.05, 3.63) is 53.6 Å². The molecule has 2 unspecified atom stereocenters. The van der Waals surface area contributed by atoms with Crippen LogP contribution in [0, 0.1) is 11.8 Å². The van der Waals surface area contributed by atoms with Crippen LogP contribution in [-0.4, -0.2) is 69.6 Å². The van der Waals surface area contributed by atoms with Gasteiger partial charge in [0.1, 0.15) is 6.17 Å². The van der Waals surface area contributed by atoms with Crippen molar-refractivity contribution in [3.8, 4) is 0 Å². The standard InChI is InChI=1S/C22H29ClN6O/c1-4-28-12-13-29(22(30)26-20-14-24-10-11-25-20)21-19(28)9-8-18(27(21)3)16-6-5-7-17(23)15(16)2/h5-8,10-11,14-16,19,21H,4,9,12-13H2,1-3H3,(H,25,26,30)/t15-,16-,19?,21?/m0/s1. The Kier molecular flexibility index (Phi) is 6.11. The zero-order valence-electron chi connectivity index (χ0n) is 17.7. The Morgan fingerprint density at radius 2 is 2.17 bits per heavy atom. The first-order valence-corrected chi connectivity index (χ1v) is 10.9. The van der Waals surface area contributed by atoms with Gasteiger partial charge in [0.25, 0.3) is 0 Å². The number of nitrogens with zero attached hydrogens (tertiary/aromatic N) is 5. The molecule has 0 radical (unpaired) electrons. The quantitative estimate of drug-likeness (QED) is 0.798. The van der Waals surface area contributed by atoms with E-state index in [0.717, 1.165) is 24.5 Å². The lowest BCUT2D eigenvalue weighted by Crippen LogP contribution is -2.67. The second kappa shape index (κ2) is 8.78. The minimum absolute atomic E-state index is 0.0550. The van der Waals surface area contributed by atoms with E-state index in [9.17, 15) is 4.79 Å². The highest BCUT2D eigenvalue weighted by Gasteiger charge is 2.44. The minimum Gasteiger partial charge on any atom is -0.356 e. The molecule has 3 heterocycles. The molecule has 30 heavy (non-hydrogen) atoms. The fourth-order valence-electron chi connectivity index (χ4n) is 4.85.